The minimum Gasteiger partial charge on any atom is -0.210 e. The van der Waals surface area contributed by atoms with Gasteiger partial charge < -0.3 is 0 Å². The summed E-state index contributed by atoms with van der Waals surface area (Å²) in [6, 6.07) is 0. The molecule has 2 fully saturated rings. The fourth-order valence-electron chi connectivity index (χ4n) is 3.94. The van der Waals surface area contributed by atoms with Gasteiger partial charge in [0.2, 0.25) is 6.43 Å². The maximum atomic E-state index is 12.6. The molecule has 2 rings (SSSR count). The second-order valence-electron chi connectivity index (χ2n) is 6.20. The van der Waals surface area contributed by atoms with E-state index in [1.807, 2.05) is 0 Å². The first kappa shape index (κ1) is 13.3. The van der Waals surface area contributed by atoms with Gasteiger partial charge in [0.25, 0.3) is 0 Å². The van der Waals surface area contributed by atoms with E-state index in [1.165, 1.54) is 32.1 Å². The third-order valence-corrected chi connectivity index (χ3v) is 5.31. The minimum atomic E-state index is -2.08. The Morgan fingerprint density at radius 1 is 0.824 bits per heavy atom. The molecule has 0 atom stereocenters. The van der Waals surface area contributed by atoms with Gasteiger partial charge in [-0.05, 0) is 56.3 Å². The Balaban J connectivity index is 1.74. The van der Waals surface area contributed by atoms with Crippen LogP contribution in [0.2, 0.25) is 0 Å². The van der Waals surface area contributed by atoms with Crippen LogP contribution in [-0.2, 0) is 0 Å². The lowest BCUT2D eigenvalue weighted by Crippen LogP contribution is -2.27. The summed E-state index contributed by atoms with van der Waals surface area (Å²) in [5.41, 5.74) is 0. The smallest absolute Gasteiger partial charge is 0.210 e. The highest BCUT2D eigenvalue weighted by atomic mass is 19.3. The van der Waals surface area contributed by atoms with E-state index >= 15 is 0 Å². The van der Waals surface area contributed by atoms with E-state index in [9.17, 15) is 8.78 Å². The zero-order valence-electron chi connectivity index (χ0n) is 11.0. The Bertz CT molecular complexity index is 211. The van der Waals surface area contributed by atoms with Gasteiger partial charge in [-0.15, -0.1) is 0 Å². The van der Waals surface area contributed by atoms with Crippen molar-refractivity contribution in [2.75, 3.05) is 0 Å². The van der Waals surface area contributed by atoms with Crippen LogP contribution in [0.1, 0.15) is 64.7 Å². The Hall–Kier alpha value is -0.140. The molecule has 2 aliphatic carbocycles. The normalized spacial score (nSPS) is 39.5. The molecular weight excluding hydrogens is 218 g/mol. The monoisotopic (exact) mass is 244 g/mol. The van der Waals surface area contributed by atoms with Gasteiger partial charge in [0.15, 0.2) is 0 Å². The van der Waals surface area contributed by atoms with Crippen molar-refractivity contribution < 1.29 is 8.78 Å². The molecule has 0 spiro atoms. The van der Waals surface area contributed by atoms with Gasteiger partial charge >= 0.3 is 0 Å². The van der Waals surface area contributed by atoms with E-state index in [4.69, 9.17) is 0 Å². The van der Waals surface area contributed by atoms with Crippen molar-refractivity contribution in [3.63, 3.8) is 0 Å². The average molecular weight is 244 g/mol. The predicted octanol–water partition coefficient (Wildman–Crippen LogP) is 5.27. The Kier molecular flexibility index (Phi) is 4.81. The third kappa shape index (κ3) is 3.42. The van der Waals surface area contributed by atoms with Gasteiger partial charge in [-0.25, -0.2) is 8.78 Å². The molecule has 0 N–H and O–H groups in total. The van der Waals surface area contributed by atoms with Crippen LogP contribution in [0.4, 0.5) is 8.78 Å². The van der Waals surface area contributed by atoms with Crippen molar-refractivity contribution in [2.45, 2.75) is 71.1 Å². The Morgan fingerprint density at radius 2 is 1.29 bits per heavy atom. The highest BCUT2D eigenvalue weighted by molar-refractivity contribution is 4.82. The molecule has 0 aromatic rings. The number of hydrogen-bond donors (Lipinski definition) is 0. The molecule has 0 amide bonds. The van der Waals surface area contributed by atoms with Crippen LogP contribution in [0.15, 0.2) is 0 Å². The fourth-order valence-corrected chi connectivity index (χ4v) is 3.94. The molecule has 2 heteroatoms. The van der Waals surface area contributed by atoms with Crippen LogP contribution in [0.3, 0.4) is 0 Å². The summed E-state index contributed by atoms with van der Waals surface area (Å²) in [4.78, 5) is 0. The van der Waals surface area contributed by atoms with E-state index < -0.39 is 6.43 Å². The summed E-state index contributed by atoms with van der Waals surface area (Å²) >= 11 is 0. The van der Waals surface area contributed by atoms with E-state index in [2.05, 4.69) is 6.92 Å². The third-order valence-electron chi connectivity index (χ3n) is 5.31. The molecule has 0 saturated heterocycles. The molecule has 2 saturated carbocycles. The summed E-state index contributed by atoms with van der Waals surface area (Å²) in [6.07, 6.45) is 8.42. The van der Waals surface area contributed by atoms with E-state index in [-0.39, 0.29) is 5.92 Å². The molecule has 100 valence electrons. The number of alkyl halides is 2. The first-order valence-electron chi connectivity index (χ1n) is 7.48. The van der Waals surface area contributed by atoms with Crippen molar-refractivity contribution in [1.82, 2.24) is 0 Å². The van der Waals surface area contributed by atoms with Crippen molar-refractivity contribution in [2.24, 2.45) is 23.7 Å². The molecule has 0 bridgehead atoms. The van der Waals surface area contributed by atoms with Gasteiger partial charge in [-0.3, -0.25) is 0 Å². The molecule has 17 heavy (non-hydrogen) atoms. The summed E-state index contributed by atoms with van der Waals surface area (Å²) in [5.74, 6) is 2.28. The van der Waals surface area contributed by atoms with Crippen LogP contribution in [0.25, 0.3) is 0 Å². The van der Waals surface area contributed by atoms with Gasteiger partial charge in [0.1, 0.15) is 0 Å². The quantitative estimate of drug-likeness (QED) is 0.634. The van der Waals surface area contributed by atoms with Gasteiger partial charge in [-0.2, -0.15) is 0 Å². The molecule has 0 radical (unpaired) electrons. The Morgan fingerprint density at radius 3 is 1.71 bits per heavy atom. The first-order valence-corrected chi connectivity index (χ1v) is 7.48. The van der Waals surface area contributed by atoms with Crippen LogP contribution >= 0.6 is 0 Å². The maximum Gasteiger partial charge on any atom is 0.241 e. The maximum absolute atomic E-state index is 12.6. The van der Waals surface area contributed by atoms with Crippen molar-refractivity contribution >= 4 is 0 Å². The van der Waals surface area contributed by atoms with Gasteiger partial charge in [0, 0.05) is 5.92 Å². The highest BCUT2D eigenvalue weighted by Crippen LogP contribution is 2.42. The largest absolute Gasteiger partial charge is 0.241 e. The molecule has 0 aliphatic heterocycles. The van der Waals surface area contributed by atoms with Crippen LogP contribution in [0, 0.1) is 23.7 Å². The second-order valence-corrected chi connectivity index (χ2v) is 6.20. The van der Waals surface area contributed by atoms with E-state index in [1.54, 1.807) is 0 Å². The number of hydrogen-bond acceptors (Lipinski definition) is 0. The highest BCUT2D eigenvalue weighted by Gasteiger charge is 2.32. The lowest BCUT2D eigenvalue weighted by Gasteiger charge is -2.37. The van der Waals surface area contributed by atoms with Crippen molar-refractivity contribution in [3.8, 4) is 0 Å². The topological polar surface area (TPSA) is 0 Å². The molecular formula is C15H26F2. The molecule has 0 nitrogen and oxygen atoms in total. The van der Waals surface area contributed by atoms with Crippen molar-refractivity contribution in [1.29, 1.82) is 0 Å². The first-order chi connectivity index (χ1) is 8.20. The summed E-state index contributed by atoms with van der Waals surface area (Å²) in [5, 5.41) is 0. The lowest BCUT2D eigenvalue weighted by molar-refractivity contribution is 0.0341. The van der Waals surface area contributed by atoms with Gasteiger partial charge in [-0.1, -0.05) is 26.2 Å². The number of halogens is 2. The number of rotatable bonds is 3. The second kappa shape index (κ2) is 6.15. The summed E-state index contributed by atoms with van der Waals surface area (Å²) in [7, 11) is 0. The Labute approximate surface area is 104 Å². The SMILES string of the molecule is CC[C@H]1CC[C@H]([C@H]2CC[C@H](C(F)F)CC2)CC1. The van der Waals surface area contributed by atoms with Crippen LogP contribution in [0.5, 0.6) is 0 Å². The lowest BCUT2D eigenvalue weighted by atomic mass is 9.69. The summed E-state index contributed by atoms with van der Waals surface area (Å²) < 4.78 is 25.2. The fraction of sp³-hybridized carbons (Fsp3) is 1.00. The van der Waals surface area contributed by atoms with Crippen LogP contribution in [-0.4, -0.2) is 6.43 Å². The molecule has 0 unspecified atom stereocenters. The molecule has 2 aliphatic rings. The molecule has 0 heterocycles. The van der Waals surface area contributed by atoms with Crippen LogP contribution < -0.4 is 0 Å². The molecule has 0 aromatic carbocycles. The average Bonchev–Trinajstić information content (AvgIpc) is 2.39. The van der Waals surface area contributed by atoms with Gasteiger partial charge in [0.05, 0.1) is 0 Å². The van der Waals surface area contributed by atoms with Crippen molar-refractivity contribution in [3.05, 3.63) is 0 Å². The minimum absolute atomic E-state index is 0.293. The zero-order valence-corrected chi connectivity index (χ0v) is 11.0. The van der Waals surface area contributed by atoms with E-state index in [0.29, 0.717) is 0 Å². The standard InChI is InChI=1S/C15H26F2/c1-2-11-3-5-12(6-4-11)13-7-9-14(10-8-13)15(16)17/h11-15H,2-10H2,1H3/t11-,12-,13-,14-. The zero-order chi connectivity index (χ0) is 12.3. The van der Waals surface area contributed by atoms with E-state index in [0.717, 1.165) is 43.4 Å². The predicted molar refractivity (Wildman–Crippen MR) is 67.2 cm³/mol. The molecule has 0 aromatic heterocycles. The summed E-state index contributed by atoms with van der Waals surface area (Å²) in [6.45, 7) is 2.29.